The zero-order chi connectivity index (χ0) is 21.2. The van der Waals surface area contributed by atoms with Gasteiger partial charge in [-0.15, -0.1) is 0 Å². The lowest BCUT2D eigenvalue weighted by Gasteiger charge is -2.24. The summed E-state index contributed by atoms with van der Waals surface area (Å²) in [5, 5.41) is 17.4. The van der Waals surface area contributed by atoms with E-state index in [1.54, 1.807) is 0 Å². The minimum Gasteiger partial charge on any atom is -0.513 e. The minimum absolute atomic E-state index is 0.0244. The maximum absolute atomic E-state index is 12.8. The van der Waals surface area contributed by atoms with Gasteiger partial charge in [0.25, 0.3) is 5.91 Å². The summed E-state index contributed by atoms with van der Waals surface area (Å²) in [7, 11) is 0. The average molecular weight is 412 g/mol. The molecular weight excluding hydrogens is 388 g/mol. The van der Waals surface area contributed by atoms with Crippen molar-refractivity contribution in [3.63, 3.8) is 0 Å². The SMILES string of the molecule is C=C(O)CCc1ccc(-c2cc3c(cn2)CCc2c-3nn3c2C(=O)NC2(CC2)C3)cc1. The molecule has 1 spiro atoms. The quantitative estimate of drug-likeness (QED) is 0.635. The van der Waals surface area contributed by atoms with Gasteiger partial charge in [0, 0.05) is 29.3 Å². The summed E-state index contributed by atoms with van der Waals surface area (Å²) in [5.41, 5.74) is 8.06. The van der Waals surface area contributed by atoms with Crippen LogP contribution in [0.2, 0.25) is 0 Å². The molecule has 3 heterocycles. The van der Waals surface area contributed by atoms with Crippen molar-refractivity contribution in [2.75, 3.05) is 0 Å². The number of amides is 1. The molecule has 1 aromatic carbocycles. The molecule has 1 amide bonds. The highest BCUT2D eigenvalue weighted by Gasteiger charge is 2.49. The number of nitrogens with zero attached hydrogens (tertiary/aromatic N) is 3. The van der Waals surface area contributed by atoms with Crippen LogP contribution < -0.4 is 5.32 Å². The number of aliphatic hydroxyl groups is 1. The number of nitrogens with one attached hydrogen (secondary N) is 1. The standard InChI is InChI=1S/C25H24N4O2/c1-15(30)2-3-16-4-6-17(7-5-16)21-12-20-18(13-26-21)8-9-19-22(20)28-29-14-25(10-11-25)27-24(31)23(19)29/h4-7,12-13,30H,1-3,8-11,14H2,(H,27,31). The molecule has 0 unspecified atom stereocenters. The molecule has 3 aromatic rings. The van der Waals surface area contributed by atoms with E-state index in [0.717, 1.165) is 78.0 Å². The zero-order valence-electron chi connectivity index (χ0n) is 17.3. The van der Waals surface area contributed by atoms with Crippen LogP contribution in [-0.4, -0.2) is 31.3 Å². The lowest BCUT2D eigenvalue weighted by molar-refractivity contribution is 0.0885. The minimum atomic E-state index is -0.0605. The smallest absolute Gasteiger partial charge is 0.270 e. The molecule has 31 heavy (non-hydrogen) atoms. The zero-order valence-corrected chi connectivity index (χ0v) is 17.3. The molecule has 156 valence electrons. The van der Waals surface area contributed by atoms with E-state index in [9.17, 15) is 9.90 Å². The first-order valence-electron chi connectivity index (χ1n) is 10.9. The van der Waals surface area contributed by atoms with E-state index in [1.165, 1.54) is 5.56 Å². The number of hydrogen-bond donors (Lipinski definition) is 2. The third-order valence-corrected chi connectivity index (χ3v) is 6.79. The lowest BCUT2D eigenvalue weighted by atomic mass is 9.89. The average Bonchev–Trinajstić information content (AvgIpc) is 3.38. The van der Waals surface area contributed by atoms with E-state index >= 15 is 0 Å². The Labute approximate surface area is 180 Å². The van der Waals surface area contributed by atoms with Crippen LogP contribution in [0.1, 0.15) is 46.4 Å². The van der Waals surface area contributed by atoms with E-state index in [1.807, 2.05) is 10.9 Å². The van der Waals surface area contributed by atoms with Gasteiger partial charge in [-0.25, -0.2) is 0 Å². The van der Waals surface area contributed by atoms with Crippen molar-refractivity contribution < 1.29 is 9.90 Å². The molecule has 1 saturated carbocycles. The van der Waals surface area contributed by atoms with Crippen molar-refractivity contribution >= 4 is 5.91 Å². The number of fused-ring (bicyclic) bond motifs is 5. The van der Waals surface area contributed by atoms with Crippen LogP contribution in [0.25, 0.3) is 22.5 Å². The Bertz CT molecular complexity index is 1240. The third kappa shape index (κ3) is 3.05. The number of aromatic nitrogens is 3. The summed E-state index contributed by atoms with van der Waals surface area (Å²) < 4.78 is 1.94. The first-order chi connectivity index (χ1) is 15.0. The van der Waals surface area contributed by atoms with Gasteiger partial charge in [0.15, 0.2) is 0 Å². The van der Waals surface area contributed by atoms with Crippen LogP contribution in [-0.2, 0) is 25.8 Å². The number of hydrogen-bond acceptors (Lipinski definition) is 4. The number of carbonyl (C=O) groups is 1. The number of aliphatic hydroxyl groups excluding tert-OH is 1. The Morgan fingerprint density at radius 3 is 2.77 bits per heavy atom. The van der Waals surface area contributed by atoms with E-state index in [0.29, 0.717) is 6.42 Å². The van der Waals surface area contributed by atoms with Crippen LogP contribution >= 0.6 is 0 Å². The van der Waals surface area contributed by atoms with Crippen molar-refractivity contribution in [3.8, 4) is 22.5 Å². The molecule has 0 bridgehead atoms. The number of rotatable bonds is 4. The van der Waals surface area contributed by atoms with Crippen LogP contribution in [0, 0.1) is 0 Å². The summed E-state index contributed by atoms with van der Waals surface area (Å²) >= 11 is 0. The normalized spacial score (nSPS) is 17.5. The topological polar surface area (TPSA) is 80.0 Å². The molecular formula is C25H24N4O2. The van der Waals surface area contributed by atoms with E-state index < -0.39 is 0 Å². The van der Waals surface area contributed by atoms with Crippen LogP contribution in [0.15, 0.2) is 48.9 Å². The van der Waals surface area contributed by atoms with Gasteiger partial charge in [-0.2, -0.15) is 5.10 Å². The molecule has 1 aliphatic heterocycles. The second-order valence-electron chi connectivity index (χ2n) is 9.06. The first-order valence-corrected chi connectivity index (χ1v) is 10.9. The Balaban J connectivity index is 1.36. The summed E-state index contributed by atoms with van der Waals surface area (Å²) in [4.78, 5) is 17.5. The second-order valence-corrected chi connectivity index (χ2v) is 9.06. The predicted molar refractivity (Wildman–Crippen MR) is 118 cm³/mol. The van der Waals surface area contributed by atoms with Crippen molar-refractivity contribution in [2.45, 2.75) is 50.6 Å². The molecule has 1 fully saturated rings. The lowest BCUT2D eigenvalue weighted by Crippen LogP contribution is -2.46. The van der Waals surface area contributed by atoms with Crippen LogP contribution in [0.5, 0.6) is 0 Å². The van der Waals surface area contributed by atoms with Gasteiger partial charge < -0.3 is 10.4 Å². The van der Waals surface area contributed by atoms with Crippen LogP contribution in [0.4, 0.5) is 0 Å². The number of pyridine rings is 1. The first kappa shape index (κ1) is 18.4. The highest BCUT2D eigenvalue weighted by molar-refractivity contribution is 5.98. The van der Waals surface area contributed by atoms with Crippen LogP contribution in [0.3, 0.4) is 0 Å². The summed E-state index contributed by atoms with van der Waals surface area (Å²) in [6, 6.07) is 10.4. The Hall–Kier alpha value is -3.41. The number of aryl methyl sites for hydroxylation is 2. The van der Waals surface area contributed by atoms with Crippen molar-refractivity contribution in [3.05, 3.63) is 71.3 Å². The van der Waals surface area contributed by atoms with Gasteiger partial charge in [-0.3, -0.25) is 14.5 Å². The van der Waals surface area contributed by atoms with Crippen molar-refractivity contribution in [1.82, 2.24) is 20.1 Å². The molecule has 6 heteroatoms. The van der Waals surface area contributed by atoms with E-state index in [-0.39, 0.29) is 17.2 Å². The number of allylic oxidation sites excluding steroid dienone is 1. The third-order valence-electron chi connectivity index (χ3n) is 6.79. The fourth-order valence-electron chi connectivity index (χ4n) is 4.83. The van der Waals surface area contributed by atoms with E-state index in [2.05, 4.69) is 42.2 Å². The van der Waals surface area contributed by atoms with Gasteiger partial charge in [-0.05, 0) is 49.3 Å². The Morgan fingerprint density at radius 1 is 1.23 bits per heavy atom. The maximum Gasteiger partial charge on any atom is 0.270 e. The molecule has 0 radical (unpaired) electrons. The fourth-order valence-corrected chi connectivity index (χ4v) is 4.83. The maximum atomic E-state index is 12.8. The number of carbonyl (C=O) groups excluding carboxylic acids is 1. The Morgan fingerprint density at radius 2 is 2.03 bits per heavy atom. The second kappa shape index (κ2) is 6.54. The molecule has 2 aliphatic carbocycles. The number of benzene rings is 1. The van der Waals surface area contributed by atoms with Gasteiger partial charge in [0.05, 0.1) is 29.2 Å². The molecule has 3 aliphatic rings. The Kier molecular flexibility index (Phi) is 3.88. The molecule has 2 N–H and O–H groups in total. The van der Waals surface area contributed by atoms with Gasteiger partial charge in [0.1, 0.15) is 5.69 Å². The molecule has 0 saturated heterocycles. The van der Waals surface area contributed by atoms with E-state index in [4.69, 9.17) is 10.1 Å². The van der Waals surface area contributed by atoms with Crippen molar-refractivity contribution in [2.24, 2.45) is 0 Å². The molecule has 6 rings (SSSR count). The largest absolute Gasteiger partial charge is 0.513 e. The summed E-state index contributed by atoms with van der Waals surface area (Å²) in [6.45, 7) is 4.32. The van der Waals surface area contributed by atoms with Crippen molar-refractivity contribution in [1.29, 1.82) is 0 Å². The molecule has 0 atom stereocenters. The molecule has 2 aromatic heterocycles. The summed E-state index contributed by atoms with van der Waals surface area (Å²) in [6.07, 6.45) is 7.06. The monoisotopic (exact) mass is 412 g/mol. The van der Waals surface area contributed by atoms with Gasteiger partial charge >= 0.3 is 0 Å². The fraction of sp³-hybridized carbons (Fsp3) is 0.320. The van der Waals surface area contributed by atoms with Gasteiger partial charge in [0.2, 0.25) is 0 Å². The highest BCUT2D eigenvalue weighted by atomic mass is 16.3. The summed E-state index contributed by atoms with van der Waals surface area (Å²) in [5.74, 6) is 0.233. The molecule has 6 nitrogen and oxygen atoms in total. The van der Waals surface area contributed by atoms with Gasteiger partial charge in [-0.1, -0.05) is 30.8 Å². The highest BCUT2D eigenvalue weighted by Crippen LogP contribution is 2.43. The predicted octanol–water partition coefficient (Wildman–Crippen LogP) is 3.99.